The van der Waals surface area contributed by atoms with Crippen molar-refractivity contribution < 1.29 is 14.3 Å². The molecule has 1 heterocycles. The number of hydrogen-bond donors (Lipinski definition) is 1. The number of thioether (sulfide) groups is 1. The quantitative estimate of drug-likeness (QED) is 0.485. The molecule has 0 radical (unpaired) electrons. The van der Waals surface area contributed by atoms with Crippen LogP contribution < -0.4 is 14.8 Å². The molecule has 30 heavy (non-hydrogen) atoms. The van der Waals surface area contributed by atoms with E-state index in [0.29, 0.717) is 39.7 Å². The zero-order valence-electron chi connectivity index (χ0n) is 17.0. The average molecular weight is 447 g/mol. The third-order valence-corrected chi connectivity index (χ3v) is 5.55. The highest BCUT2D eigenvalue weighted by Crippen LogP contribution is 2.27. The van der Waals surface area contributed by atoms with Crippen LogP contribution in [0.5, 0.6) is 11.5 Å². The van der Waals surface area contributed by atoms with Crippen molar-refractivity contribution in [2.24, 2.45) is 0 Å². The van der Waals surface area contributed by atoms with E-state index in [-0.39, 0.29) is 18.3 Å². The number of nitrogens with zero attached hydrogens (tertiary/aromatic N) is 3. The summed E-state index contributed by atoms with van der Waals surface area (Å²) in [5.41, 5.74) is 1.69. The maximum Gasteiger partial charge on any atom is 0.234 e. The van der Waals surface area contributed by atoms with Gasteiger partial charge in [-0.2, -0.15) is 0 Å². The van der Waals surface area contributed by atoms with Crippen LogP contribution in [0.1, 0.15) is 18.3 Å². The fourth-order valence-electron chi connectivity index (χ4n) is 2.78. The van der Waals surface area contributed by atoms with E-state index in [4.69, 9.17) is 21.1 Å². The van der Waals surface area contributed by atoms with Gasteiger partial charge >= 0.3 is 0 Å². The number of anilines is 1. The molecule has 0 atom stereocenters. The fraction of sp³-hybridized carbons (Fsp3) is 0.286. The van der Waals surface area contributed by atoms with Crippen molar-refractivity contribution >= 4 is 35.0 Å². The highest BCUT2D eigenvalue weighted by Gasteiger charge is 2.15. The van der Waals surface area contributed by atoms with Crippen molar-refractivity contribution in [3.63, 3.8) is 0 Å². The third kappa shape index (κ3) is 5.46. The Morgan fingerprint density at radius 3 is 2.77 bits per heavy atom. The van der Waals surface area contributed by atoms with Gasteiger partial charge in [-0.3, -0.25) is 4.79 Å². The van der Waals surface area contributed by atoms with Gasteiger partial charge in [-0.05, 0) is 43.7 Å². The van der Waals surface area contributed by atoms with Crippen LogP contribution in [0.3, 0.4) is 0 Å². The maximum absolute atomic E-state index is 12.4. The second-order valence-electron chi connectivity index (χ2n) is 6.40. The van der Waals surface area contributed by atoms with Gasteiger partial charge in [0.1, 0.15) is 18.1 Å². The summed E-state index contributed by atoms with van der Waals surface area (Å²) in [5.74, 6) is 1.93. The predicted molar refractivity (Wildman–Crippen MR) is 119 cm³/mol. The lowest BCUT2D eigenvalue weighted by Crippen LogP contribution is -2.15. The highest BCUT2D eigenvalue weighted by molar-refractivity contribution is 7.99. The lowest BCUT2D eigenvalue weighted by atomic mass is 10.2. The summed E-state index contributed by atoms with van der Waals surface area (Å²) in [6, 6.07) is 12.9. The molecule has 0 aliphatic carbocycles. The van der Waals surface area contributed by atoms with E-state index in [1.165, 1.54) is 11.8 Å². The van der Waals surface area contributed by atoms with Crippen molar-refractivity contribution in [2.75, 3.05) is 18.2 Å². The van der Waals surface area contributed by atoms with Crippen LogP contribution in [0.15, 0.2) is 47.6 Å². The topological polar surface area (TPSA) is 78.3 Å². The van der Waals surface area contributed by atoms with Gasteiger partial charge in [-0.25, -0.2) is 0 Å². The van der Waals surface area contributed by atoms with Gasteiger partial charge in [0.15, 0.2) is 11.0 Å². The summed E-state index contributed by atoms with van der Waals surface area (Å²) in [6.45, 7) is 4.86. The van der Waals surface area contributed by atoms with E-state index in [1.54, 1.807) is 25.3 Å². The number of rotatable bonds is 9. The van der Waals surface area contributed by atoms with Crippen LogP contribution in [-0.4, -0.2) is 33.5 Å². The Balaban J connectivity index is 1.61. The number of benzene rings is 2. The Kier molecular flexibility index (Phi) is 7.59. The van der Waals surface area contributed by atoms with Gasteiger partial charge in [0.05, 0.1) is 23.6 Å². The molecular weight excluding hydrogens is 424 g/mol. The molecule has 3 rings (SSSR count). The predicted octanol–water partition coefficient (Wildman–Crippen LogP) is 4.58. The largest absolute Gasteiger partial charge is 0.495 e. The molecule has 9 heteroatoms. The fourth-order valence-corrected chi connectivity index (χ4v) is 3.77. The number of hydrogen-bond acceptors (Lipinski definition) is 6. The first-order valence-corrected chi connectivity index (χ1v) is 10.7. The summed E-state index contributed by atoms with van der Waals surface area (Å²) in [7, 11) is 1.57. The van der Waals surface area contributed by atoms with Crippen LogP contribution in [0.2, 0.25) is 5.02 Å². The molecule has 0 saturated heterocycles. The number of methoxy groups -OCH3 is 1. The molecule has 2 aromatic carbocycles. The number of amides is 1. The molecule has 0 fully saturated rings. The number of aromatic nitrogens is 3. The molecule has 0 aliphatic heterocycles. The molecule has 1 amide bonds. The third-order valence-electron chi connectivity index (χ3n) is 4.27. The number of carbonyl (C=O) groups excluding carboxylic acids is 1. The Bertz CT molecular complexity index is 1030. The molecule has 0 aliphatic rings. The molecule has 3 aromatic rings. The van der Waals surface area contributed by atoms with Gasteiger partial charge in [-0.1, -0.05) is 41.6 Å². The van der Waals surface area contributed by atoms with Crippen LogP contribution >= 0.6 is 23.4 Å². The van der Waals surface area contributed by atoms with Gasteiger partial charge in [0, 0.05) is 6.54 Å². The molecule has 1 N–H and O–H groups in total. The zero-order valence-corrected chi connectivity index (χ0v) is 18.6. The van der Waals surface area contributed by atoms with Gasteiger partial charge in [0.25, 0.3) is 0 Å². The molecule has 7 nitrogen and oxygen atoms in total. The Labute approximate surface area is 184 Å². The van der Waals surface area contributed by atoms with Gasteiger partial charge in [-0.15, -0.1) is 10.2 Å². The monoisotopic (exact) mass is 446 g/mol. The van der Waals surface area contributed by atoms with Crippen molar-refractivity contribution in [3.05, 3.63) is 58.9 Å². The SMILES string of the molecule is CCn1c(COc2cc(C)ccc2Cl)nnc1SCC(=O)Nc1ccccc1OC. The highest BCUT2D eigenvalue weighted by atomic mass is 35.5. The zero-order chi connectivity index (χ0) is 21.5. The van der Waals surface area contributed by atoms with Crippen LogP contribution in [0, 0.1) is 6.92 Å². The standard InChI is InChI=1S/C21H23ClN4O3S/c1-4-26-19(12-29-18-11-14(2)9-10-15(18)22)24-25-21(26)30-13-20(27)23-16-7-5-6-8-17(16)28-3/h5-11H,4,12-13H2,1-3H3,(H,23,27). The van der Waals surface area contributed by atoms with Gasteiger partial charge in [0.2, 0.25) is 5.91 Å². The van der Waals surface area contributed by atoms with Crippen molar-refractivity contribution in [3.8, 4) is 11.5 Å². The number of carbonyl (C=O) groups is 1. The molecule has 0 spiro atoms. The van der Waals surface area contributed by atoms with E-state index in [0.717, 1.165) is 5.56 Å². The maximum atomic E-state index is 12.4. The number of ether oxygens (including phenoxy) is 2. The summed E-state index contributed by atoms with van der Waals surface area (Å²) in [4.78, 5) is 12.4. The van der Waals surface area contributed by atoms with E-state index in [1.807, 2.05) is 42.7 Å². The van der Waals surface area contributed by atoms with E-state index in [2.05, 4.69) is 15.5 Å². The molecule has 0 unspecified atom stereocenters. The first-order chi connectivity index (χ1) is 14.5. The molecular formula is C21H23ClN4O3S. The van der Waals surface area contributed by atoms with Crippen molar-refractivity contribution in [1.82, 2.24) is 14.8 Å². The second kappa shape index (κ2) is 10.4. The molecule has 0 saturated carbocycles. The summed E-state index contributed by atoms with van der Waals surface area (Å²) in [6.07, 6.45) is 0. The minimum absolute atomic E-state index is 0.153. The molecule has 1 aromatic heterocycles. The Morgan fingerprint density at radius 1 is 1.20 bits per heavy atom. The second-order valence-corrected chi connectivity index (χ2v) is 7.75. The van der Waals surface area contributed by atoms with Gasteiger partial charge < -0.3 is 19.4 Å². The Morgan fingerprint density at radius 2 is 2.00 bits per heavy atom. The first-order valence-electron chi connectivity index (χ1n) is 9.38. The van der Waals surface area contributed by atoms with Crippen LogP contribution in [0.4, 0.5) is 5.69 Å². The van der Waals surface area contributed by atoms with E-state index >= 15 is 0 Å². The summed E-state index contributed by atoms with van der Waals surface area (Å²) < 4.78 is 13.0. The minimum Gasteiger partial charge on any atom is -0.495 e. The average Bonchev–Trinajstić information content (AvgIpc) is 3.15. The summed E-state index contributed by atoms with van der Waals surface area (Å²) >= 11 is 7.50. The number of aryl methyl sites for hydroxylation is 1. The number of para-hydroxylation sites is 2. The summed E-state index contributed by atoms with van der Waals surface area (Å²) in [5, 5.41) is 12.5. The first kappa shape index (κ1) is 22.0. The molecule has 0 bridgehead atoms. The van der Waals surface area contributed by atoms with Crippen LogP contribution in [0.25, 0.3) is 0 Å². The van der Waals surface area contributed by atoms with Crippen molar-refractivity contribution in [2.45, 2.75) is 32.2 Å². The van der Waals surface area contributed by atoms with E-state index < -0.39 is 0 Å². The van der Waals surface area contributed by atoms with Crippen molar-refractivity contribution in [1.29, 1.82) is 0 Å². The molecule has 158 valence electrons. The van der Waals surface area contributed by atoms with Crippen LogP contribution in [-0.2, 0) is 17.9 Å². The minimum atomic E-state index is -0.153. The number of nitrogens with one attached hydrogen (secondary N) is 1. The smallest absolute Gasteiger partial charge is 0.234 e. The number of halogens is 1. The lowest BCUT2D eigenvalue weighted by molar-refractivity contribution is -0.113. The van der Waals surface area contributed by atoms with E-state index in [9.17, 15) is 4.79 Å². The Hall–Kier alpha value is -2.71. The lowest BCUT2D eigenvalue weighted by Gasteiger charge is -2.11. The normalized spacial score (nSPS) is 10.7.